The number of aromatic nitrogens is 1. The molecule has 0 radical (unpaired) electrons. The highest BCUT2D eigenvalue weighted by Crippen LogP contribution is 2.18. The Morgan fingerprint density at radius 1 is 1.29 bits per heavy atom. The molecule has 2 rings (SSSR count). The number of halogens is 1. The van der Waals surface area contributed by atoms with Crippen molar-refractivity contribution in [2.24, 2.45) is 0 Å². The molecule has 0 saturated carbocycles. The molecule has 6 nitrogen and oxygen atoms in total. The van der Waals surface area contributed by atoms with E-state index in [2.05, 4.69) is 26.2 Å². The normalized spacial score (nSPS) is 33.4. The number of rotatable bonds is 2. The van der Waals surface area contributed by atoms with Gasteiger partial charge in [0.05, 0.1) is 6.61 Å². The molecule has 0 aliphatic carbocycles. The maximum absolute atomic E-state index is 9.69. The van der Waals surface area contributed by atoms with Gasteiger partial charge in [-0.1, -0.05) is 0 Å². The molecule has 0 unspecified atom stereocenters. The first kappa shape index (κ1) is 12.7. The first-order chi connectivity index (χ1) is 8.08. The molecule has 1 aliphatic rings. The molecule has 1 fully saturated rings. The molecule has 0 bridgehead atoms. The molecule has 94 valence electrons. The Kier molecular flexibility index (Phi) is 3.95. The predicted molar refractivity (Wildman–Crippen MR) is 63.3 cm³/mol. The van der Waals surface area contributed by atoms with Crippen LogP contribution in [0.5, 0.6) is 0 Å². The Labute approximate surface area is 106 Å². The van der Waals surface area contributed by atoms with E-state index in [0.29, 0.717) is 5.82 Å². The molecular formula is C10H13BrN2O4. The fourth-order valence-corrected chi connectivity index (χ4v) is 1.77. The number of anilines is 1. The smallest absolute Gasteiger partial charge is 0.157 e. The highest BCUT2D eigenvalue weighted by molar-refractivity contribution is 9.10. The van der Waals surface area contributed by atoms with Crippen molar-refractivity contribution in [2.75, 3.05) is 11.9 Å². The number of nitrogens with one attached hydrogen (secondary N) is 1. The number of pyridine rings is 1. The molecule has 4 N–H and O–H groups in total. The van der Waals surface area contributed by atoms with Crippen LogP contribution in [0.1, 0.15) is 0 Å². The van der Waals surface area contributed by atoms with Gasteiger partial charge in [-0.3, -0.25) is 0 Å². The molecule has 0 amide bonds. The van der Waals surface area contributed by atoms with Crippen molar-refractivity contribution >= 4 is 21.7 Å². The molecule has 1 aromatic rings. The lowest BCUT2D eigenvalue weighted by molar-refractivity contribution is -0.178. The zero-order valence-corrected chi connectivity index (χ0v) is 10.4. The van der Waals surface area contributed by atoms with Crippen molar-refractivity contribution in [3.63, 3.8) is 0 Å². The molecule has 2 heterocycles. The summed E-state index contributed by atoms with van der Waals surface area (Å²) >= 11 is 3.26. The molecule has 1 saturated heterocycles. The first-order valence-corrected chi connectivity index (χ1v) is 5.91. The second-order valence-electron chi connectivity index (χ2n) is 3.81. The summed E-state index contributed by atoms with van der Waals surface area (Å²) in [5, 5.41) is 31.3. The fourth-order valence-electron chi connectivity index (χ4n) is 1.54. The van der Waals surface area contributed by atoms with Gasteiger partial charge in [-0.2, -0.15) is 0 Å². The third kappa shape index (κ3) is 2.93. The van der Waals surface area contributed by atoms with E-state index >= 15 is 0 Å². The third-order valence-electron chi connectivity index (χ3n) is 2.52. The zero-order chi connectivity index (χ0) is 12.4. The van der Waals surface area contributed by atoms with Crippen LogP contribution >= 0.6 is 15.9 Å². The van der Waals surface area contributed by atoms with Crippen LogP contribution in [-0.2, 0) is 4.74 Å². The highest BCUT2D eigenvalue weighted by Gasteiger charge is 2.37. The van der Waals surface area contributed by atoms with Crippen molar-refractivity contribution in [1.29, 1.82) is 0 Å². The van der Waals surface area contributed by atoms with Crippen molar-refractivity contribution in [3.05, 3.63) is 22.8 Å². The standard InChI is InChI=1S/C10H13BrN2O4/c11-5-1-2-7(12-3-5)13-10-9(16)8(15)6(14)4-17-10/h1-3,6,8-10,14-16H,4H2,(H,12,13)/t6-,8-,9-,10+/m1/s1. The van der Waals surface area contributed by atoms with Crippen LogP contribution in [0.25, 0.3) is 0 Å². The van der Waals surface area contributed by atoms with Gasteiger partial charge in [0, 0.05) is 10.7 Å². The minimum absolute atomic E-state index is 0.0353. The minimum Gasteiger partial charge on any atom is -0.388 e. The quantitative estimate of drug-likeness (QED) is 0.599. The van der Waals surface area contributed by atoms with Gasteiger partial charge in [-0.25, -0.2) is 4.98 Å². The summed E-state index contributed by atoms with van der Waals surface area (Å²) in [5.74, 6) is 0.515. The van der Waals surface area contributed by atoms with E-state index in [-0.39, 0.29) is 6.61 Å². The number of nitrogens with zero attached hydrogens (tertiary/aromatic N) is 1. The number of aliphatic hydroxyl groups excluding tert-OH is 3. The average molecular weight is 305 g/mol. The van der Waals surface area contributed by atoms with Crippen LogP contribution < -0.4 is 5.32 Å². The molecule has 0 spiro atoms. The second-order valence-corrected chi connectivity index (χ2v) is 4.72. The average Bonchev–Trinajstić information content (AvgIpc) is 2.33. The maximum Gasteiger partial charge on any atom is 0.157 e. The van der Waals surface area contributed by atoms with Crippen LogP contribution in [0.2, 0.25) is 0 Å². The number of aliphatic hydroxyl groups is 3. The number of hydrogen-bond acceptors (Lipinski definition) is 6. The molecule has 4 atom stereocenters. The maximum atomic E-state index is 9.69. The van der Waals surface area contributed by atoms with Gasteiger partial charge in [-0.05, 0) is 28.1 Å². The topological polar surface area (TPSA) is 94.8 Å². The molecule has 7 heteroatoms. The first-order valence-electron chi connectivity index (χ1n) is 5.12. The van der Waals surface area contributed by atoms with Gasteiger partial charge in [0.2, 0.25) is 0 Å². The summed E-state index contributed by atoms with van der Waals surface area (Å²) < 4.78 is 6.02. The lowest BCUT2D eigenvalue weighted by atomic mass is 10.0. The van der Waals surface area contributed by atoms with E-state index in [0.717, 1.165) is 4.47 Å². The third-order valence-corrected chi connectivity index (χ3v) is 2.99. The Morgan fingerprint density at radius 2 is 2.06 bits per heavy atom. The largest absolute Gasteiger partial charge is 0.388 e. The summed E-state index contributed by atoms with van der Waals surface area (Å²) in [6.07, 6.45) is -2.69. The van der Waals surface area contributed by atoms with Gasteiger partial charge in [0.15, 0.2) is 6.23 Å². The number of hydrogen-bond donors (Lipinski definition) is 4. The van der Waals surface area contributed by atoms with Crippen molar-refractivity contribution < 1.29 is 20.1 Å². The second kappa shape index (κ2) is 5.28. The monoisotopic (exact) mass is 304 g/mol. The van der Waals surface area contributed by atoms with E-state index < -0.39 is 24.5 Å². The Hall–Kier alpha value is -0.730. The van der Waals surface area contributed by atoms with Crippen LogP contribution in [0.4, 0.5) is 5.82 Å². The van der Waals surface area contributed by atoms with Gasteiger partial charge in [-0.15, -0.1) is 0 Å². The Morgan fingerprint density at radius 3 is 2.71 bits per heavy atom. The fraction of sp³-hybridized carbons (Fsp3) is 0.500. The Bertz CT molecular complexity index is 375. The molecule has 0 aromatic carbocycles. The molecule has 1 aliphatic heterocycles. The van der Waals surface area contributed by atoms with E-state index in [4.69, 9.17) is 4.74 Å². The zero-order valence-electron chi connectivity index (χ0n) is 8.82. The summed E-state index contributed by atoms with van der Waals surface area (Å²) in [6, 6.07) is 3.49. The lowest BCUT2D eigenvalue weighted by Gasteiger charge is -2.35. The summed E-state index contributed by atoms with van der Waals surface area (Å²) in [4.78, 5) is 4.06. The number of ether oxygens (including phenoxy) is 1. The molecule has 1 aromatic heterocycles. The van der Waals surface area contributed by atoms with Crippen molar-refractivity contribution in [1.82, 2.24) is 4.98 Å². The van der Waals surface area contributed by atoms with Crippen LogP contribution in [0, 0.1) is 0 Å². The van der Waals surface area contributed by atoms with Crippen LogP contribution in [-0.4, -0.2) is 51.5 Å². The highest BCUT2D eigenvalue weighted by atomic mass is 79.9. The van der Waals surface area contributed by atoms with Gasteiger partial charge >= 0.3 is 0 Å². The van der Waals surface area contributed by atoms with Gasteiger partial charge in [0.1, 0.15) is 24.1 Å². The predicted octanol–water partition coefficient (Wildman–Crippen LogP) is -0.305. The summed E-state index contributed by atoms with van der Waals surface area (Å²) in [7, 11) is 0. The van der Waals surface area contributed by atoms with Crippen molar-refractivity contribution in [2.45, 2.75) is 24.5 Å². The van der Waals surface area contributed by atoms with Crippen LogP contribution in [0.15, 0.2) is 22.8 Å². The van der Waals surface area contributed by atoms with E-state index in [1.165, 1.54) is 0 Å². The van der Waals surface area contributed by atoms with Crippen molar-refractivity contribution in [3.8, 4) is 0 Å². The SMILES string of the molecule is O[C@@H]1[C@H](O)[C@H](O)CO[C@@H]1Nc1ccc(Br)cn1. The van der Waals surface area contributed by atoms with E-state index in [1.54, 1.807) is 18.3 Å². The summed E-state index contributed by atoms with van der Waals surface area (Å²) in [5.41, 5.74) is 0. The van der Waals surface area contributed by atoms with E-state index in [1.807, 2.05) is 0 Å². The lowest BCUT2D eigenvalue weighted by Crippen LogP contribution is -2.55. The summed E-state index contributed by atoms with van der Waals surface area (Å²) in [6.45, 7) is -0.0353. The van der Waals surface area contributed by atoms with Crippen LogP contribution in [0.3, 0.4) is 0 Å². The Balaban J connectivity index is 2.01. The van der Waals surface area contributed by atoms with E-state index in [9.17, 15) is 15.3 Å². The van der Waals surface area contributed by atoms with Gasteiger partial charge < -0.3 is 25.4 Å². The molecule has 17 heavy (non-hydrogen) atoms. The minimum atomic E-state index is -1.23. The van der Waals surface area contributed by atoms with Gasteiger partial charge in [0.25, 0.3) is 0 Å². The molecular weight excluding hydrogens is 292 g/mol.